The Balaban J connectivity index is 1.41. The van der Waals surface area contributed by atoms with Crippen molar-refractivity contribution in [3.63, 3.8) is 0 Å². The van der Waals surface area contributed by atoms with Crippen LogP contribution < -0.4 is 10.1 Å². The molecule has 148 valence electrons. The molecule has 0 bridgehead atoms. The molecule has 11 heteroatoms. The molecule has 1 aromatic carbocycles. The Morgan fingerprint density at radius 2 is 1.93 bits per heavy atom. The number of benzene rings is 1. The van der Waals surface area contributed by atoms with Gasteiger partial charge in [0.25, 0.3) is 5.91 Å². The molecule has 5 rings (SSSR count). The Labute approximate surface area is 177 Å². The van der Waals surface area contributed by atoms with E-state index in [0.29, 0.717) is 27.6 Å². The number of rotatable bonds is 4. The number of carbonyl (C=O) groups excluding carboxylic acids is 1. The molecule has 0 atom stereocenters. The summed E-state index contributed by atoms with van der Waals surface area (Å²) in [5.74, 6) is 0.542. The van der Waals surface area contributed by atoms with E-state index in [1.165, 1.54) is 17.8 Å². The van der Waals surface area contributed by atoms with E-state index in [4.69, 9.17) is 4.74 Å². The monoisotopic (exact) mass is 464 g/mol. The number of nitrogens with zero attached hydrogens (tertiary/aromatic N) is 7. The van der Waals surface area contributed by atoms with Crippen molar-refractivity contribution >= 4 is 44.2 Å². The normalized spacial score (nSPS) is 11.1. The van der Waals surface area contributed by atoms with Gasteiger partial charge in [0.05, 0.1) is 42.4 Å². The number of imidazole rings is 1. The van der Waals surface area contributed by atoms with Crippen LogP contribution in [-0.2, 0) is 0 Å². The SMILES string of the molecule is COc1ccc2nc(C(=O)Nc3cnn(-c4cnc5ccccc5n4)c3)c(Br)n2n1. The van der Waals surface area contributed by atoms with Crippen LogP contribution in [0.4, 0.5) is 5.69 Å². The molecule has 0 fully saturated rings. The van der Waals surface area contributed by atoms with Crippen LogP contribution in [0.5, 0.6) is 5.88 Å². The second-order valence-electron chi connectivity index (χ2n) is 6.24. The Kier molecular flexibility index (Phi) is 4.36. The van der Waals surface area contributed by atoms with Crippen LogP contribution in [0.15, 0.2) is 59.6 Å². The third-order valence-electron chi connectivity index (χ3n) is 4.33. The third kappa shape index (κ3) is 3.14. The highest BCUT2D eigenvalue weighted by molar-refractivity contribution is 9.10. The molecule has 0 spiro atoms. The van der Waals surface area contributed by atoms with Gasteiger partial charge < -0.3 is 10.1 Å². The summed E-state index contributed by atoms with van der Waals surface area (Å²) < 4.78 is 8.56. The van der Waals surface area contributed by atoms with E-state index in [1.54, 1.807) is 29.2 Å². The van der Waals surface area contributed by atoms with E-state index < -0.39 is 5.91 Å². The van der Waals surface area contributed by atoms with Gasteiger partial charge in [-0.25, -0.2) is 19.2 Å². The molecular formula is C19H13BrN8O2. The van der Waals surface area contributed by atoms with E-state index >= 15 is 0 Å². The minimum atomic E-state index is -0.407. The fourth-order valence-corrected chi connectivity index (χ4v) is 3.43. The van der Waals surface area contributed by atoms with Gasteiger partial charge in [-0.3, -0.25) is 9.78 Å². The smallest absolute Gasteiger partial charge is 0.277 e. The van der Waals surface area contributed by atoms with Gasteiger partial charge in [-0.2, -0.15) is 5.10 Å². The largest absolute Gasteiger partial charge is 0.480 e. The van der Waals surface area contributed by atoms with Gasteiger partial charge in [-0.1, -0.05) is 12.1 Å². The number of hydrogen-bond donors (Lipinski definition) is 1. The van der Waals surface area contributed by atoms with Gasteiger partial charge >= 0.3 is 0 Å². The van der Waals surface area contributed by atoms with E-state index in [0.717, 1.165) is 11.0 Å². The molecule has 0 aliphatic heterocycles. The summed E-state index contributed by atoms with van der Waals surface area (Å²) in [6, 6.07) is 10.9. The van der Waals surface area contributed by atoms with Gasteiger partial charge in [-0.05, 0) is 34.1 Å². The van der Waals surface area contributed by atoms with Crippen LogP contribution in [0.2, 0.25) is 0 Å². The van der Waals surface area contributed by atoms with E-state index in [9.17, 15) is 4.79 Å². The third-order valence-corrected chi connectivity index (χ3v) is 5.04. The molecule has 0 saturated heterocycles. The van der Waals surface area contributed by atoms with Gasteiger partial charge in [-0.15, -0.1) is 5.10 Å². The molecule has 0 aliphatic rings. The number of para-hydroxylation sites is 2. The number of aromatic nitrogens is 7. The highest BCUT2D eigenvalue weighted by atomic mass is 79.9. The maximum atomic E-state index is 12.7. The van der Waals surface area contributed by atoms with Crippen molar-refractivity contribution in [2.45, 2.75) is 0 Å². The summed E-state index contributed by atoms with van der Waals surface area (Å²) in [6.07, 6.45) is 4.81. The van der Waals surface area contributed by atoms with Crippen LogP contribution in [-0.4, -0.2) is 47.4 Å². The number of carbonyl (C=O) groups is 1. The minimum Gasteiger partial charge on any atom is -0.480 e. The molecule has 30 heavy (non-hydrogen) atoms. The Morgan fingerprint density at radius 3 is 2.77 bits per heavy atom. The lowest BCUT2D eigenvalue weighted by molar-refractivity contribution is 0.102. The number of methoxy groups -OCH3 is 1. The molecule has 0 unspecified atom stereocenters. The van der Waals surface area contributed by atoms with E-state index in [-0.39, 0.29) is 5.69 Å². The molecule has 1 amide bonds. The number of nitrogens with one attached hydrogen (secondary N) is 1. The van der Waals surface area contributed by atoms with Crippen molar-refractivity contribution in [3.05, 3.63) is 65.3 Å². The van der Waals surface area contributed by atoms with Crippen molar-refractivity contribution in [1.29, 1.82) is 0 Å². The molecule has 0 saturated carbocycles. The first-order valence-corrected chi connectivity index (χ1v) is 9.59. The summed E-state index contributed by atoms with van der Waals surface area (Å²) in [7, 11) is 1.52. The first kappa shape index (κ1) is 18.2. The lowest BCUT2D eigenvalue weighted by Crippen LogP contribution is -2.12. The lowest BCUT2D eigenvalue weighted by atomic mass is 10.3. The first-order chi connectivity index (χ1) is 14.6. The minimum absolute atomic E-state index is 0.189. The van der Waals surface area contributed by atoms with Crippen LogP contribution in [0.25, 0.3) is 22.5 Å². The van der Waals surface area contributed by atoms with Gasteiger partial charge in [0, 0.05) is 6.07 Å². The average molecular weight is 465 g/mol. The molecule has 0 aliphatic carbocycles. The maximum absolute atomic E-state index is 12.7. The number of halogens is 1. The highest BCUT2D eigenvalue weighted by Gasteiger charge is 2.19. The van der Waals surface area contributed by atoms with E-state index in [2.05, 4.69) is 46.4 Å². The second kappa shape index (κ2) is 7.19. The number of ether oxygens (including phenoxy) is 1. The summed E-state index contributed by atoms with van der Waals surface area (Å²) in [6.45, 7) is 0. The standard InChI is InChI=1S/C19H13BrN8O2/c1-30-16-7-6-14-25-17(18(20)28(14)26-16)19(29)23-11-8-22-27(10-11)15-9-21-12-4-2-3-5-13(12)24-15/h2-10H,1H3,(H,23,29). The van der Waals surface area contributed by atoms with Crippen LogP contribution in [0.3, 0.4) is 0 Å². The van der Waals surface area contributed by atoms with Crippen LogP contribution in [0, 0.1) is 0 Å². The predicted octanol–water partition coefficient (Wildman–Crippen LogP) is 2.88. The number of fused-ring (bicyclic) bond motifs is 2. The van der Waals surface area contributed by atoms with Gasteiger partial charge in [0.1, 0.15) is 4.60 Å². The van der Waals surface area contributed by atoms with Crippen molar-refractivity contribution in [2.24, 2.45) is 0 Å². The Morgan fingerprint density at radius 1 is 1.10 bits per heavy atom. The topological polar surface area (TPSA) is 112 Å². The fourth-order valence-electron chi connectivity index (χ4n) is 2.90. The van der Waals surface area contributed by atoms with Crippen LogP contribution in [0.1, 0.15) is 10.5 Å². The first-order valence-electron chi connectivity index (χ1n) is 8.80. The van der Waals surface area contributed by atoms with Crippen molar-refractivity contribution < 1.29 is 9.53 Å². The molecule has 10 nitrogen and oxygen atoms in total. The van der Waals surface area contributed by atoms with Gasteiger partial charge in [0.15, 0.2) is 17.2 Å². The van der Waals surface area contributed by atoms with Crippen LogP contribution >= 0.6 is 15.9 Å². The van der Waals surface area contributed by atoms with Crippen molar-refractivity contribution in [3.8, 4) is 11.7 Å². The molecule has 1 N–H and O–H groups in total. The lowest BCUT2D eigenvalue weighted by Gasteiger charge is -2.02. The Hall–Kier alpha value is -3.86. The van der Waals surface area contributed by atoms with E-state index in [1.807, 2.05) is 24.3 Å². The highest BCUT2D eigenvalue weighted by Crippen LogP contribution is 2.21. The zero-order valence-electron chi connectivity index (χ0n) is 15.5. The average Bonchev–Trinajstić information content (AvgIpc) is 3.37. The molecule has 4 heterocycles. The number of amides is 1. The summed E-state index contributed by atoms with van der Waals surface area (Å²) in [5.41, 5.74) is 2.74. The predicted molar refractivity (Wildman–Crippen MR) is 112 cm³/mol. The second-order valence-corrected chi connectivity index (χ2v) is 6.99. The molecular weight excluding hydrogens is 452 g/mol. The Bertz CT molecular complexity index is 1410. The zero-order chi connectivity index (χ0) is 20.7. The van der Waals surface area contributed by atoms with Gasteiger partial charge in [0.2, 0.25) is 5.88 Å². The number of hydrogen-bond acceptors (Lipinski definition) is 7. The van der Waals surface area contributed by atoms with Crippen molar-refractivity contribution in [1.82, 2.24) is 34.3 Å². The number of anilines is 1. The maximum Gasteiger partial charge on any atom is 0.277 e. The summed E-state index contributed by atoms with van der Waals surface area (Å²) in [4.78, 5) is 26.0. The molecule has 4 aromatic heterocycles. The molecule has 0 radical (unpaired) electrons. The fraction of sp³-hybridized carbons (Fsp3) is 0.0526. The molecule has 5 aromatic rings. The van der Waals surface area contributed by atoms with Crippen molar-refractivity contribution in [2.75, 3.05) is 12.4 Å². The quantitative estimate of drug-likeness (QED) is 0.435. The summed E-state index contributed by atoms with van der Waals surface area (Å²) >= 11 is 3.38. The summed E-state index contributed by atoms with van der Waals surface area (Å²) in [5, 5.41) is 11.3. The zero-order valence-corrected chi connectivity index (χ0v) is 17.1.